The number of hydrazone groups is 1. The molecule has 0 amide bonds. The maximum Gasteiger partial charge on any atom is 0.423 e. The smallest absolute Gasteiger partial charge is 0.323 e. The van der Waals surface area contributed by atoms with Crippen molar-refractivity contribution in [2.75, 3.05) is 0 Å². The predicted molar refractivity (Wildman–Crippen MR) is 81.7 cm³/mol. The molecule has 0 saturated carbocycles. The number of nitrogens with two attached hydrogens (primary N) is 1. The molecule has 0 spiro atoms. The zero-order valence-electron chi connectivity index (χ0n) is 11.7. The van der Waals surface area contributed by atoms with Gasteiger partial charge in [0.2, 0.25) is 0 Å². The Kier molecular flexibility index (Phi) is 3.18. The van der Waals surface area contributed by atoms with Crippen LogP contribution < -0.4 is 5.84 Å². The SMILES string of the molecule is NN=C1c2ccccc2-c2cc([N+](=O)[O-])c([N+](=O)[O-])c([N+](=O)[O-])c21. The van der Waals surface area contributed by atoms with E-state index in [4.69, 9.17) is 5.84 Å². The molecule has 3 rings (SSSR count). The quantitative estimate of drug-likeness (QED) is 0.435. The minimum atomic E-state index is -1.20. The van der Waals surface area contributed by atoms with E-state index in [9.17, 15) is 30.3 Å². The number of benzene rings is 2. The topological polar surface area (TPSA) is 168 Å². The third kappa shape index (κ3) is 1.88. The molecule has 1 aliphatic carbocycles. The number of nitro groups is 3. The Morgan fingerprint density at radius 2 is 1.42 bits per heavy atom. The van der Waals surface area contributed by atoms with Gasteiger partial charge >= 0.3 is 17.1 Å². The molecule has 0 aliphatic heterocycles. The maximum atomic E-state index is 11.5. The van der Waals surface area contributed by atoms with Gasteiger partial charge in [0, 0.05) is 17.2 Å². The first-order valence-corrected chi connectivity index (χ1v) is 6.40. The van der Waals surface area contributed by atoms with Crippen LogP contribution in [0.5, 0.6) is 0 Å². The highest BCUT2D eigenvalue weighted by atomic mass is 16.6. The zero-order chi connectivity index (χ0) is 17.6. The molecule has 0 atom stereocenters. The van der Waals surface area contributed by atoms with Crippen molar-refractivity contribution < 1.29 is 14.8 Å². The predicted octanol–water partition coefficient (Wildman–Crippen LogP) is 2.10. The first-order valence-electron chi connectivity index (χ1n) is 6.40. The lowest BCUT2D eigenvalue weighted by Crippen LogP contribution is -2.09. The number of hydrogen-bond acceptors (Lipinski definition) is 8. The van der Waals surface area contributed by atoms with E-state index in [-0.39, 0.29) is 16.8 Å². The largest absolute Gasteiger partial charge is 0.423 e. The number of hydrogen-bond donors (Lipinski definition) is 1. The van der Waals surface area contributed by atoms with Crippen LogP contribution >= 0.6 is 0 Å². The van der Waals surface area contributed by atoms with Crippen LogP contribution in [0.3, 0.4) is 0 Å². The van der Waals surface area contributed by atoms with Crippen molar-refractivity contribution in [1.29, 1.82) is 0 Å². The third-order valence-electron chi connectivity index (χ3n) is 3.65. The zero-order valence-corrected chi connectivity index (χ0v) is 11.7. The van der Waals surface area contributed by atoms with Crippen LogP contribution in [0.15, 0.2) is 35.4 Å². The fourth-order valence-electron chi connectivity index (χ4n) is 2.79. The van der Waals surface area contributed by atoms with Gasteiger partial charge in [-0.3, -0.25) is 30.3 Å². The van der Waals surface area contributed by atoms with Gasteiger partial charge in [-0.25, -0.2) is 0 Å². The first kappa shape index (κ1) is 15.0. The van der Waals surface area contributed by atoms with Crippen molar-refractivity contribution in [2.45, 2.75) is 0 Å². The molecule has 2 N–H and O–H groups in total. The van der Waals surface area contributed by atoms with Crippen molar-refractivity contribution in [2.24, 2.45) is 10.9 Å². The molecule has 0 fully saturated rings. The second kappa shape index (κ2) is 5.08. The maximum absolute atomic E-state index is 11.5. The van der Waals surface area contributed by atoms with E-state index in [1.807, 2.05) is 0 Å². The number of nitro benzene ring substituents is 3. The molecule has 11 heteroatoms. The van der Waals surface area contributed by atoms with E-state index < -0.39 is 31.8 Å². The monoisotopic (exact) mass is 329 g/mol. The molecular formula is C13H7N5O6. The average molecular weight is 329 g/mol. The second-order valence-corrected chi connectivity index (χ2v) is 4.81. The summed E-state index contributed by atoms with van der Waals surface area (Å²) in [5, 5.41) is 37.4. The first-order chi connectivity index (χ1) is 11.4. The van der Waals surface area contributed by atoms with E-state index in [0.717, 1.165) is 6.07 Å². The van der Waals surface area contributed by atoms with Gasteiger partial charge in [-0.2, -0.15) is 5.10 Å². The van der Waals surface area contributed by atoms with Crippen LogP contribution in [-0.4, -0.2) is 20.5 Å². The standard InChI is InChI=1S/C13H7N5O6/c14-15-11-7-4-2-1-3-6(7)8-5-9(16(19)20)12(17(21)22)13(10(8)11)18(23)24/h1-5H,14H2. The Morgan fingerprint density at radius 3 is 1.92 bits per heavy atom. The van der Waals surface area contributed by atoms with Crippen LogP contribution in [-0.2, 0) is 0 Å². The highest BCUT2D eigenvalue weighted by molar-refractivity contribution is 6.27. The molecule has 0 heterocycles. The van der Waals surface area contributed by atoms with Gasteiger partial charge in [0.15, 0.2) is 0 Å². The summed E-state index contributed by atoms with van der Waals surface area (Å²) < 4.78 is 0. The Bertz CT molecular complexity index is 968. The Hall–Kier alpha value is -3.89. The molecule has 1 aliphatic rings. The van der Waals surface area contributed by atoms with Crippen LogP contribution in [0.25, 0.3) is 11.1 Å². The van der Waals surface area contributed by atoms with Crippen LogP contribution in [0, 0.1) is 30.3 Å². The minimum Gasteiger partial charge on any atom is -0.323 e. The Balaban J connectivity index is 2.56. The number of nitrogens with zero attached hydrogens (tertiary/aromatic N) is 4. The average Bonchev–Trinajstić information content (AvgIpc) is 2.86. The lowest BCUT2D eigenvalue weighted by molar-refractivity contribution is -0.441. The van der Waals surface area contributed by atoms with Crippen LogP contribution in [0.2, 0.25) is 0 Å². The van der Waals surface area contributed by atoms with Crippen molar-refractivity contribution >= 4 is 22.8 Å². The van der Waals surface area contributed by atoms with Gasteiger partial charge < -0.3 is 5.84 Å². The fourth-order valence-corrected chi connectivity index (χ4v) is 2.79. The lowest BCUT2D eigenvalue weighted by Gasteiger charge is -2.04. The van der Waals surface area contributed by atoms with E-state index in [1.165, 1.54) is 0 Å². The molecular weight excluding hydrogens is 322 g/mol. The third-order valence-corrected chi connectivity index (χ3v) is 3.65. The van der Waals surface area contributed by atoms with Crippen molar-refractivity contribution in [1.82, 2.24) is 0 Å². The summed E-state index contributed by atoms with van der Waals surface area (Å²) in [6, 6.07) is 7.34. The summed E-state index contributed by atoms with van der Waals surface area (Å²) in [6.07, 6.45) is 0. The molecule has 2 aromatic rings. The van der Waals surface area contributed by atoms with E-state index in [1.54, 1.807) is 24.3 Å². The van der Waals surface area contributed by atoms with Crippen molar-refractivity contribution in [3.63, 3.8) is 0 Å². The lowest BCUT2D eigenvalue weighted by atomic mass is 10.0. The molecule has 0 saturated heterocycles. The summed E-state index contributed by atoms with van der Waals surface area (Å²) in [5.41, 5.74) is -2.42. The summed E-state index contributed by atoms with van der Waals surface area (Å²) >= 11 is 0. The van der Waals surface area contributed by atoms with Gasteiger partial charge in [-0.15, -0.1) is 0 Å². The summed E-state index contributed by atoms with van der Waals surface area (Å²) in [6.45, 7) is 0. The molecule has 0 unspecified atom stereocenters. The molecule has 24 heavy (non-hydrogen) atoms. The Morgan fingerprint density at radius 1 is 0.833 bits per heavy atom. The van der Waals surface area contributed by atoms with Gasteiger partial charge in [-0.1, -0.05) is 24.3 Å². The molecule has 2 aromatic carbocycles. The number of rotatable bonds is 3. The van der Waals surface area contributed by atoms with Crippen molar-refractivity contribution in [3.8, 4) is 11.1 Å². The van der Waals surface area contributed by atoms with E-state index in [0.29, 0.717) is 11.1 Å². The van der Waals surface area contributed by atoms with E-state index in [2.05, 4.69) is 5.10 Å². The molecule has 11 nitrogen and oxygen atoms in total. The highest BCUT2D eigenvalue weighted by Gasteiger charge is 2.45. The van der Waals surface area contributed by atoms with E-state index >= 15 is 0 Å². The molecule has 0 aromatic heterocycles. The minimum absolute atomic E-state index is 0.0229. The highest BCUT2D eigenvalue weighted by Crippen LogP contribution is 2.49. The second-order valence-electron chi connectivity index (χ2n) is 4.81. The normalized spacial score (nSPS) is 13.4. The molecule has 0 bridgehead atoms. The van der Waals surface area contributed by atoms with Gasteiger partial charge in [0.05, 0.1) is 20.3 Å². The summed E-state index contributed by atoms with van der Waals surface area (Å²) in [7, 11) is 0. The van der Waals surface area contributed by atoms with Crippen LogP contribution in [0.4, 0.5) is 17.1 Å². The van der Waals surface area contributed by atoms with Crippen molar-refractivity contribution in [3.05, 3.63) is 71.8 Å². The van der Waals surface area contributed by atoms with Gasteiger partial charge in [0.1, 0.15) is 5.71 Å². The molecule has 0 radical (unpaired) electrons. The van der Waals surface area contributed by atoms with Crippen LogP contribution in [0.1, 0.15) is 11.1 Å². The fraction of sp³-hybridized carbons (Fsp3) is 0. The summed E-state index contributed by atoms with van der Waals surface area (Å²) in [5.74, 6) is 5.32. The molecule has 120 valence electrons. The number of fused-ring (bicyclic) bond motifs is 3. The summed E-state index contributed by atoms with van der Waals surface area (Å²) in [4.78, 5) is 30.7. The Labute approximate surface area is 132 Å². The van der Waals surface area contributed by atoms with Gasteiger partial charge in [-0.05, 0) is 5.56 Å². The van der Waals surface area contributed by atoms with Gasteiger partial charge in [0.25, 0.3) is 0 Å².